The van der Waals surface area contributed by atoms with Gasteiger partial charge in [0, 0.05) is 16.8 Å². The summed E-state index contributed by atoms with van der Waals surface area (Å²) in [6.07, 6.45) is -3.68. The second-order valence-electron chi connectivity index (χ2n) is 6.14. The van der Waals surface area contributed by atoms with E-state index in [9.17, 15) is 13.2 Å². The number of nitrogens with one attached hydrogen (secondary N) is 1. The SMILES string of the molecule is CC(C)Oc1ccc(Nc2ncc(C(F)(F)F)c(Sc3ccccc3)n2)cc1. The van der Waals surface area contributed by atoms with Crippen molar-refractivity contribution < 1.29 is 17.9 Å². The summed E-state index contributed by atoms with van der Waals surface area (Å²) in [5, 5.41) is 2.77. The minimum absolute atomic E-state index is 0.0506. The van der Waals surface area contributed by atoms with E-state index < -0.39 is 11.7 Å². The van der Waals surface area contributed by atoms with Crippen LogP contribution in [0.25, 0.3) is 0 Å². The van der Waals surface area contributed by atoms with Crippen molar-refractivity contribution in [3.05, 3.63) is 66.4 Å². The first-order valence-electron chi connectivity index (χ1n) is 8.52. The van der Waals surface area contributed by atoms with Crippen molar-refractivity contribution in [2.24, 2.45) is 0 Å². The highest BCUT2D eigenvalue weighted by Crippen LogP contribution is 2.38. The zero-order chi connectivity index (χ0) is 20.1. The van der Waals surface area contributed by atoms with E-state index in [0.717, 1.165) is 18.0 Å². The van der Waals surface area contributed by atoms with Crippen LogP contribution in [0.5, 0.6) is 5.75 Å². The molecule has 0 radical (unpaired) electrons. The predicted octanol–water partition coefficient (Wildman–Crippen LogP) is 6.18. The molecule has 1 N–H and O–H groups in total. The molecule has 0 spiro atoms. The monoisotopic (exact) mass is 405 g/mol. The molecule has 28 heavy (non-hydrogen) atoms. The number of hydrogen-bond acceptors (Lipinski definition) is 5. The quantitative estimate of drug-likeness (QED) is 0.497. The Balaban J connectivity index is 1.84. The number of benzene rings is 2. The Bertz CT molecular complexity index is 916. The molecule has 1 heterocycles. The number of aromatic nitrogens is 2. The Morgan fingerprint density at radius 1 is 1.00 bits per heavy atom. The molecule has 1 aromatic heterocycles. The Labute approximate surface area is 165 Å². The van der Waals surface area contributed by atoms with Crippen LogP contribution < -0.4 is 10.1 Å². The molecule has 0 aliphatic carbocycles. The minimum Gasteiger partial charge on any atom is -0.491 e. The van der Waals surface area contributed by atoms with E-state index in [-0.39, 0.29) is 17.1 Å². The van der Waals surface area contributed by atoms with E-state index in [1.54, 1.807) is 54.6 Å². The van der Waals surface area contributed by atoms with E-state index >= 15 is 0 Å². The second-order valence-corrected chi connectivity index (χ2v) is 7.20. The first kappa shape index (κ1) is 20.0. The zero-order valence-electron chi connectivity index (χ0n) is 15.2. The van der Waals surface area contributed by atoms with Gasteiger partial charge >= 0.3 is 6.18 Å². The summed E-state index contributed by atoms with van der Waals surface area (Å²) >= 11 is 0.944. The summed E-state index contributed by atoms with van der Waals surface area (Å²) in [7, 11) is 0. The first-order valence-corrected chi connectivity index (χ1v) is 9.34. The van der Waals surface area contributed by atoms with Crippen LogP contribution in [0.1, 0.15) is 19.4 Å². The van der Waals surface area contributed by atoms with Crippen molar-refractivity contribution in [2.75, 3.05) is 5.32 Å². The molecular formula is C20H18F3N3OS. The summed E-state index contributed by atoms with van der Waals surface area (Å²) in [4.78, 5) is 8.58. The molecule has 4 nitrogen and oxygen atoms in total. The normalized spacial score (nSPS) is 11.5. The number of nitrogens with zero attached hydrogens (tertiary/aromatic N) is 2. The van der Waals surface area contributed by atoms with Gasteiger partial charge in [-0.25, -0.2) is 9.97 Å². The van der Waals surface area contributed by atoms with Crippen LogP contribution in [-0.4, -0.2) is 16.1 Å². The number of ether oxygens (including phenoxy) is 1. The van der Waals surface area contributed by atoms with Crippen LogP contribution in [-0.2, 0) is 6.18 Å². The smallest absolute Gasteiger partial charge is 0.420 e. The average Bonchev–Trinajstić information content (AvgIpc) is 2.63. The van der Waals surface area contributed by atoms with Gasteiger partial charge in [-0.1, -0.05) is 30.0 Å². The van der Waals surface area contributed by atoms with E-state index in [4.69, 9.17) is 4.74 Å². The third-order valence-electron chi connectivity index (χ3n) is 3.50. The fourth-order valence-electron chi connectivity index (χ4n) is 2.32. The van der Waals surface area contributed by atoms with Crippen molar-refractivity contribution in [2.45, 2.75) is 36.0 Å². The number of rotatable bonds is 6. The Kier molecular flexibility index (Phi) is 6.08. The molecule has 0 atom stereocenters. The molecule has 3 rings (SSSR count). The van der Waals surface area contributed by atoms with E-state index in [0.29, 0.717) is 16.3 Å². The molecule has 0 aliphatic heterocycles. The maximum Gasteiger partial charge on any atom is 0.420 e. The van der Waals surface area contributed by atoms with Crippen molar-refractivity contribution in [3.8, 4) is 5.75 Å². The van der Waals surface area contributed by atoms with Gasteiger partial charge in [-0.05, 0) is 50.2 Å². The lowest BCUT2D eigenvalue weighted by atomic mass is 10.3. The van der Waals surface area contributed by atoms with Gasteiger partial charge in [-0.2, -0.15) is 13.2 Å². The molecular weight excluding hydrogens is 387 g/mol. The lowest BCUT2D eigenvalue weighted by Crippen LogP contribution is -2.10. The van der Waals surface area contributed by atoms with Crippen molar-refractivity contribution in [3.63, 3.8) is 0 Å². The van der Waals surface area contributed by atoms with Crippen LogP contribution in [0.3, 0.4) is 0 Å². The molecule has 0 aliphatic rings. The molecule has 2 aromatic carbocycles. The summed E-state index contributed by atoms with van der Waals surface area (Å²) in [6, 6.07) is 15.8. The van der Waals surface area contributed by atoms with Crippen LogP contribution in [0.2, 0.25) is 0 Å². The Morgan fingerprint density at radius 2 is 1.68 bits per heavy atom. The molecule has 0 unspecified atom stereocenters. The van der Waals surface area contributed by atoms with E-state index in [1.165, 1.54) is 0 Å². The summed E-state index contributed by atoms with van der Waals surface area (Å²) in [5.41, 5.74) is -0.223. The van der Waals surface area contributed by atoms with Crippen molar-refractivity contribution in [1.82, 2.24) is 9.97 Å². The van der Waals surface area contributed by atoms with Gasteiger partial charge in [-0.15, -0.1) is 0 Å². The fourth-order valence-corrected chi connectivity index (χ4v) is 3.24. The molecule has 3 aromatic rings. The molecule has 0 bridgehead atoms. The zero-order valence-corrected chi connectivity index (χ0v) is 16.0. The number of halogens is 3. The summed E-state index contributed by atoms with van der Waals surface area (Å²) in [6.45, 7) is 3.85. The summed E-state index contributed by atoms with van der Waals surface area (Å²) < 4.78 is 45.6. The maximum absolute atomic E-state index is 13.3. The van der Waals surface area contributed by atoms with Crippen LogP contribution >= 0.6 is 11.8 Å². The predicted molar refractivity (Wildman–Crippen MR) is 103 cm³/mol. The minimum atomic E-state index is -4.54. The number of anilines is 2. The maximum atomic E-state index is 13.3. The highest BCUT2D eigenvalue weighted by molar-refractivity contribution is 7.99. The van der Waals surface area contributed by atoms with Gasteiger partial charge in [0.05, 0.1) is 6.10 Å². The third-order valence-corrected chi connectivity index (χ3v) is 4.51. The van der Waals surface area contributed by atoms with Gasteiger partial charge in [0.15, 0.2) is 0 Å². The molecule has 146 valence electrons. The number of alkyl halides is 3. The highest BCUT2D eigenvalue weighted by atomic mass is 32.2. The molecule has 0 saturated carbocycles. The highest BCUT2D eigenvalue weighted by Gasteiger charge is 2.35. The topological polar surface area (TPSA) is 47.0 Å². The van der Waals surface area contributed by atoms with Crippen LogP contribution in [0.4, 0.5) is 24.8 Å². The third kappa shape index (κ3) is 5.39. The second kappa shape index (κ2) is 8.52. The Hall–Kier alpha value is -2.74. The first-order chi connectivity index (χ1) is 13.3. The van der Waals surface area contributed by atoms with Crippen molar-refractivity contribution >= 4 is 23.4 Å². The van der Waals surface area contributed by atoms with Gasteiger partial charge in [-0.3, -0.25) is 0 Å². The molecule has 0 amide bonds. The lowest BCUT2D eigenvalue weighted by Gasteiger charge is -2.14. The molecule has 0 fully saturated rings. The summed E-state index contributed by atoms with van der Waals surface area (Å²) in [5.74, 6) is 0.790. The van der Waals surface area contributed by atoms with Gasteiger partial charge in [0.1, 0.15) is 16.3 Å². The van der Waals surface area contributed by atoms with Gasteiger partial charge in [0.25, 0.3) is 0 Å². The van der Waals surface area contributed by atoms with Crippen molar-refractivity contribution in [1.29, 1.82) is 0 Å². The van der Waals surface area contributed by atoms with Gasteiger partial charge in [0.2, 0.25) is 5.95 Å². The largest absolute Gasteiger partial charge is 0.491 e. The van der Waals surface area contributed by atoms with Crippen LogP contribution in [0.15, 0.2) is 70.7 Å². The van der Waals surface area contributed by atoms with Crippen LogP contribution in [0, 0.1) is 0 Å². The molecule has 0 saturated heterocycles. The van der Waals surface area contributed by atoms with Gasteiger partial charge < -0.3 is 10.1 Å². The van der Waals surface area contributed by atoms with E-state index in [1.807, 2.05) is 13.8 Å². The fraction of sp³-hybridized carbons (Fsp3) is 0.200. The average molecular weight is 405 g/mol. The van der Waals surface area contributed by atoms with E-state index in [2.05, 4.69) is 15.3 Å². The molecule has 8 heteroatoms. The number of hydrogen-bond donors (Lipinski definition) is 1. The lowest BCUT2D eigenvalue weighted by molar-refractivity contribution is -0.140. The Morgan fingerprint density at radius 3 is 2.29 bits per heavy atom. The standard InChI is InChI=1S/C20H18F3N3OS/c1-13(2)27-15-10-8-14(9-11-15)25-19-24-12-17(20(21,22)23)18(26-19)28-16-6-4-3-5-7-16/h3-13H,1-2H3,(H,24,25,26).